The molecule has 13 nitrogen and oxygen atoms in total. The largest absolute Gasteiger partial charge is 0.497 e. The van der Waals surface area contributed by atoms with Crippen LogP contribution in [0, 0.1) is 10.8 Å². The van der Waals surface area contributed by atoms with Crippen LogP contribution in [0.1, 0.15) is 85.2 Å². The molecule has 0 radical (unpaired) electrons. The van der Waals surface area contributed by atoms with E-state index >= 15 is 0 Å². The second-order valence-electron chi connectivity index (χ2n) is 17.4. The normalized spacial score (nSPS) is 18.6. The highest BCUT2D eigenvalue weighted by molar-refractivity contribution is 6.06. The lowest BCUT2D eigenvalue weighted by atomic mass is 9.73. The first-order valence-electron chi connectivity index (χ1n) is 20.9. The van der Waals surface area contributed by atoms with Crippen LogP contribution in [0.2, 0.25) is 0 Å². The topological polar surface area (TPSA) is 150 Å². The summed E-state index contributed by atoms with van der Waals surface area (Å²) in [5.41, 5.74) is 9.04. The van der Waals surface area contributed by atoms with E-state index in [-0.39, 0.29) is 34.7 Å². The van der Waals surface area contributed by atoms with Crippen molar-refractivity contribution in [2.45, 2.75) is 65.5 Å². The molecule has 3 atom stereocenters. The fraction of sp³-hybridized carbons (Fsp3) is 0.347. The number of carbonyl (C=O) groups excluding carboxylic acids is 2. The molecule has 0 bridgehead atoms. The molecule has 3 unspecified atom stereocenters. The third-order valence-corrected chi connectivity index (χ3v) is 12.3. The molecule has 4 heterocycles. The van der Waals surface area contributed by atoms with E-state index in [0.717, 1.165) is 46.6 Å². The van der Waals surface area contributed by atoms with Gasteiger partial charge in [0.05, 0.1) is 69.1 Å². The van der Waals surface area contributed by atoms with Gasteiger partial charge >= 0.3 is 0 Å². The molecule has 2 amide bonds. The Kier molecular flexibility index (Phi) is 11.6. The summed E-state index contributed by atoms with van der Waals surface area (Å²) in [5.74, 6) is 8.00. The maximum Gasteiger partial charge on any atom is 0.260 e. The number of nitrogens with one attached hydrogen (secondary N) is 1. The number of rotatable bonds is 15. The van der Waals surface area contributed by atoms with Gasteiger partial charge in [-0.25, -0.2) is 0 Å². The average molecular weight is 839 g/mol. The molecule has 62 heavy (non-hydrogen) atoms. The Balaban J connectivity index is 0.930. The number of hydrogen-bond acceptors (Lipinski definition) is 11. The maximum absolute atomic E-state index is 13.9. The highest BCUT2D eigenvalue weighted by atomic mass is 16.5. The molecule has 8 rings (SSSR count). The lowest BCUT2D eigenvalue weighted by Crippen LogP contribution is -2.34. The molecule has 0 aromatic heterocycles. The van der Waals surface area contributed by atoms with E-state index in [1.165, 1.54) is 0 Å². The molecular weight excluding hydrogens is 785 g/mol. The quantitative estimate of drug-likeness (QED) is 0.0883. The van der Waals surface area contributed by atoms with Gasteiger partial charge in [-0.3, -0.25) is 25.4 Å². The van der Waals surface area contributed by atoms with Crippen molar-refractivity contribution in [3.8, 4) is 28.7 Å². The fourth-order valence-corrected chi connectivity index (χ4v) is 8.74. The molecule has 3 N–H and O–H groups in total. The van der Waals surface area contributed by atoms with Crippen LogP contribution in [-0.4, -0.2) is 80.7 Å². The molecule has 4 aliphatic rings. The molecule has 0 aliphatic carbocycles. The summed E-state index contributed by atoms with van der Waals surface area (Å²) in [4.78, 5) is 40.9. The minimum Gasteiger partial charge on any atom is -0.497 e. The zero-order chi connectivity index (χ0) is 43.8. The van der Waals surface area contributed by atoms with Crippen molar-refractivity contribution >= 4 is 52.5 Å². The van der Waals surface area contributed by atoms with Crippen LogP contribution in [0.5, 0.6) is 28.7 Å². The van der Waals surface area contributed by atoms with E-state index in [1.807, 2.05) is 73.4 Å². The van der Waals surface area contributed by atoms with Crippen molar-refractivity contribution in [1.82, 2.24) is 9.80 Å². The van der Waals surface area contributed by atoms with Gasteiger partial charge in [-0.2, -0.15) is 0 Å². The number of nitrogens with two attached hydrogens (primary N) is 1. The number of benzene rings is 4. The number of aliphatic imine (C=N–C) groups is 2. The minimum absolute atomic E-state index is 0.143. The van der Waals surface area contributed by atoms with E-state index < -0.39 is 0 Å². The summed E-state index contributed by atoms with van der Waals surface area (Å²) >= 11 is 0. The summed E-state index contributed by atoms with van der Waals surface area (Å²) < 4.78 is 29.9. The summed E-state index contributed by atoms with van der Waals surface area (Å²) in [6.45, 7) is 9.46. The van der Waals surface area contributed by atoms with E-state index in [0.29, 0.717) is 71.6 Å². The van der Waals surface area contributed by atoms with Crippen LogP contribution >= 0.6 is 0 Å². The fourth-order valence-electron chi connectivity index (χ4n) is 8.74. The Morgan fingerprint density at radius 3 is 1.61 bits per heavy atom. The van der Waals surface area contributed by atoms with Gasteiger partial charge in [0.25, 0.3) is 11.8 Å². The predicted molar refractivity (Wildman–Crippen MR) is 242 cm³/mol. The number of hydrazine groups is 1. The number of fused-ring (bicyclic) bond motifs is 4. The van der Waals surface area contributed by atoms with Gasteiger partial charge < -0.3 is 38.9 Å². The predicted octanol–water partition coefficient (Wildman–Crippen LogP) is 9.23. The molecule has 4 aromatic rings. The number of hydrogen-bond donors (Lipinski definition) is 2. The molecule has 0 fully saturated rings. The molecule has 4 aromatic carbocycles. The number of ether oxygens (including phenoxy) is 5. The Morgan fingerprint density at radius 2 is 1.16 bits per heavy atom. The Morgan fingerprint density at radius 1 is 0.677 bits per heavy atom. The SMILES string of the molecule is CCC(C)(COc1cc2c(cc1OC)C(=O)N1C=C(c3ccc(OC)cc3)CC1C=N2)CC(C)(C)COc1cc2c(cc1OC)C(=O)N1C=C(c3ccc(NN)cc3)CC1C=N2. The van der Waals surface area contributed by atoms with Gasteiger partial charge in [0, 0.05) is 60.9 Å². The zero-order valence-electron chi connectivity index (χ0n) is 36.4. The number of methoxy groups -OCH3 is 3. The maximum atomic E-state index is 13.9. The first kappa shape index (κ1) is 42.1. The molecular formula is C49H54N6O7. The van der Waals surface area contributed by atoms with Crippen molar-refractivity contribution in [2.75, 3.05) is 40.0 Å². The highest BCUT2D eigenvalue weighted by Crippen LogP contribution is 2.44. The van der Waals surface area contributed by atoms with E-state index in [1.54, 1.807) is 55.4 Å². The lowest BCUT2D eigenvalue weighted by Gasteiger charge is -2.37. The number of nitrogens with zero attached hydrogens (tertiary/aromatic N) is 4. The van der Waals surface area contributed by atoms with Gasteiger partial charge in [-0.1, -0.05) is 52.0 Å². The Hall–Kier alpha value is -6.60. The van der Waals surface area contributed by atoms with Crippen LogP contribution in [-0.2, 0) is 0 Å². The van der Waals surface area contributed by atoms with Crippen LogP contribution in [0.3, 0.4) is 0 Å². The molecule has 4 aliphatic heterocycles. The number of anilines is 1. The van der Waals surface area contributed by atoms with E-state index in [9.17, 15) is 9.59 Å². The van der Waals surface area contributed by atoms with Crippen molar-refractivity contribution in [3.05, 3.63) is 107 Å². The second kappa shape index (κ2) is 17.0. The van der Waals surface area contributed by atoms with Gasteiger partial charge in [0.2, 0.25) is 0 Å². The van der Waals surface area contributed by atoms with Crippen molar-refractivity contribution in [3.63, 3.8) is 0 Å². The molecule has 322 valence electrons. The summed E-state index contributed by atoms with van der Waals surface area (Å²) in [6.07, 6.45) is 10.4. The smallest absolute Gasteiger partial charge is 0.260 e. The Labute approximate surface area is 362 Å². The van der Waals surface area contributed by atoms with Crippen LogP contribution in [0.25, 0.3) is 11.1 Å². The number of nitrogen functional groups attached to an aromatic ring is 1. The van der Waals surface area contributed by atoms with Gasteiger partial charge in [0.15, 0.2) is 23.0 Å². The summed E-state index contributed by atoms with van der Waals surface area (Å²) in [6, 6.07) is 22.3. The van der Waals surface area contributed by atoms with Gasteiger partial charge in [-0.15, -0.1) is 0 Å². The van der Waals surface area contributed by atoms with E-state index in [4.69, 9.17) is 39.5 Å². The third-order valence-electron chi connectivity index (χ3n) is 12.3. The van der Waals surface area contributed by atoms with Crippen molar-refractivity contribution < 1.29 is 33.3 Å². The zero-order valence-corrected chi connectivity index (χ0v) is 36.4. The van der Waals surface area contributed by atoms with E-state index in [2.05, 4.69) is 33.1 Å². The highest BCUT2D eigenvalue weighted by Gasteiger charge is 2.37. The molecule has 0 saturated heterocycles. The van der Waals surface area contributed by atoms with Crippen LogP contribution in [0.15, 0.2) is 95.2 Å². The molecule has 0 saturated carbocycles. The Bertz CT molecular complexity index is 2490. The summed E-state index contributed by atoms with van der Waals surface area (Å²) in [5, 5.41) is 0. The minimum atomic E-state index is -0.299. The van der Waals surface area contributed by atoms with Crippen LogP contribution < -0.4 is 35.0 Å². The summed E-state index contributed by atoms with van der Waals surface area (Å²) in [7, 11) is 4.79. The lowest BCUT2D eigenvalue weighted by molar-refractivity contribution is 0.0650. The monoisotopic (exact) mass is 838 g/mol. The van der Waals surface area contributed by atoms with Crippen LogP contribution in [0.4, 0.5) is 17.1 Å². The first-order valence-corrected chi connectivity index (χ1v) is 20.9. The first-order chi connectivity index (χ1) is 29.8. The number of amides is 2. The van der Waals surface area contributed by atoms with Crippen molar-refractivity contribution in [1.29, 1.82) is 0 Å². The van der Waals surface area contributed by atoms with Crippen molar-refractivity contribution in [2.24, 2.45) is 26.7 Å². The molecule has 13 heteroatoms. The number of carbonyl (C=O) groups is 2. The molecule has 0 spiro atoms. The van der Waals surface area contributed by atoms with Gasteiger partial charge in [-0.05, 0) is 76.9 Å². The average Bonchev–Trinajstić information content (AvgIpc) is 3.87. The standard InChI is InChI=1S/C49H54N6O7/c1-8-49(4,29-62-45-22-41-39(20-43(45)60-7)47(57)55-26-33(18-36(55)24-52-41)31-11-15-37(58-5)16-12-31)27-48(2,3)28-61-44-21-40-38(19-42(44)59-6)46(56)54-25-32(17-35(54)23-51-40)30-9-13-34(53-50)14-10-30/h9-16,19-26,35-36,53H,8,17-18,27-29,50H2,1-7H3. The second-order valence-corrected chi connectivity index (χ2v) is 17.4. The van der Waals surface area contributed by atoms with Gasteiger partial charge in [0.1, 0.15) is 5.75 Å². The third kappa shape index (κ3) is 8.36.